The van der Waals surface area contributed by atoms with Gasteiger partial charge >= 0.3 is 0 Å². The van der Waals surface area contributed by atoms with Gasteiger partial charge in [0.2, 0.25) is 15.9 Å². The fourth-order valence-electron chi connectivity index (χ4n) is 4.91. The van der Waals surface area contributed by atoms with Crippen LogP contribution in [0.25, 0.3) is 10.8 Å². The first-order valence-corrected chi connectivity index (χ1v) is 14.4. The van der Waals surface area contributed by atoms with E-state index >= 15 is 0 Å². The summed E-state index contributed by atoms with van der Waals surface area (Å²) in [6, 6.07) is 18.3. The van der Waals surface area contributed by atoms with Crippen molar-refractivity contribution in [2.75, 3.05) is 19.6 Å². The predicted molar refractivity (Wildman–Crippen MR) is 154 cm³/mol. The van der Waals surface area contributed by atoms with Crippen LogP contribution in [0.2, 0.25) is 0 Å². The molecule has 3 aromatic rings. The van der Waals surface area contributed by atoms with Gasteiger partial charge in [0.05, 0.1) is 4.90 Å². The average molecular weight is 550 g/mol. The third kappa shape index (κ3) is 7.33. The topological polar surface area (TPSA) is 181 Å². The predicted octanol–water partition coefficient (Wildman–Crippen LogP) is 1.92. The molecular formula is C28H35N7O3S. The lowest BCUT2D eigenvalue weighted by molar-refractivity contribution is -0.134. The highest BCUT2D eigenvalue weighted by atomic mass is 32.2. The van der Waals surface area contributed by atoms with Crippen molar-refractivity contribution in [2.45, 2.75) is 36.6 Å². The van der Waals surface area contributed by atoms with Crippen molar-refractivity contribution >= 4 is 38.5 Å². The molecule has 11 heteroatoms. The summed E-state index contributed by atoms with van der Waals surface area (Å²) in [4.78, 5) is 19.6. The van der Waals surface area contributed by atoms with Gasteiger partial charge in [-0.3, -0.25) is 15.2 Å². The molecule has 1 atom stereocenters. The van der Waals surface area contributed by atoms with Gasteiger partial charge in [-0.15, -0.1) is 0 Å². The van der Waals surface area contributed by atoms with Crippen molar-refractivity contribution in [2.24, 2.45) is 28.1 Å². The van der Waals surface area contributed by atoms with E-state index in [1.165, 1.54) is 0 Å². The summed E-state index contributed by atoms with van der Waals surface area (Å²) in [5, 5.41) is 9.46. The highest BCUT2D eigenvalue weighted by Crippen LogP contribution is 2.23. The maximum absolute atomic E-state index is 13.7. The Morgan fingerprint density at radius 1 is 1.00 bits per heavy atom. The monoisotopic (exact) mass is 549 g/mol. The van der Waals surface area contributed by atoms with Gasteiger partial charge in [0, 0.05) is 25.2 Å². The Labute approximate surface area is 228 Å². The lowest BCUT2D eigenvalue weighted by atomic mass is 9.93. The van der Waals surface area contributed by atoms with Crippen LogP contribution in [0.3, 0.4) is 0 Å². The van der Waals surface area contributed by atoms with E-state index in [9.17, 15) is 13.2 Å². The molecule has 1 amide bonds. The summed E-state index contributed by atoms with van der Waals surface area (Å²) in [5.41, 5.74) is 17.7. The molecule has 4 rings (SSSR count). The second-order valence-corrected chi connectivity index (χ2v) is 11.6. The van der Waals surface area contributed by atoms with Gasteiger partial charge in [-0.2, -0.15) is 4.72 Å². The minimum absolute atomic E-state index is 0.0676. The summed E-state index contributed by atoms with van der Waals surface area (Å²) in [6.07, 6.45) is 2.53. The first kappa shape index (κ1) is 28.1. The number of rotatable bonds is 10. The summed E-state index contributed by atoms with van der Waals surface area (Å²) in [5.74, 6) is 0.0738. The number of benzene rings is 3. The zero-order chi connectivity index (χ0) is 28.0. The number of hydrogen-bond donors (Lipinski definition) is 5. The number of amides is 1. The largest absolute Gasteiger partial charge is 0.384 e. The number of piperidine rings is 1. The highest BCUT2D eigenvalue weighted by Gasteiger charge is 2.32. The van der Waals surface area contributed by atoms with Crippen molar-refractivity contribution in [1.29, 1.82) is 5.41 Å². The Balaban J connectivity index is 1.55. The molecule has 1 aliphatic heterocycles. The molecule has 0 aliphatic carbocycles. The number of amidine groups is 1. The smallest absolute Gasteiger partial charge is 0.241 e. The van der Waals surface area contributed by atoms with E-state index < -0.39 is 16.1 Å². The quantitative estimate of drug-likeness (QED) is 0.190. The van der Waals surface area contributed by atoms with Gasteiger partial charge in [-0.25, -0.2) is 8.42 Å². The molecule has 39 heavy (non-hydrogen) atoms. The van der Waals surface area contributed by atoms with Gasteiger partial charge in [0.25, 0.3) is 0 Å². The van der Waals surface area contributed by atoms with Gasteiger partial charge < -0.3 is 22.1 Å². The second kappa shape index (κ2) is 12.3. The minimum Gasteiger partial charge on any atom is -0.384 e. The number of nitrogens with two attached hydrogens (primary N) is 3. The van der Waals surface area contributed by atoms with E-state index in [1.54, 1.807) is 47.4 Å². The van der Waals surface area contributed by atoms with E-state index in [4.69, 9.17) is 22.6 Å². The number of likely N-dealkylation sites (tertiary alicyclic amines) is 1. The number of sulfonamides is 1. The molecule has 1 aliphatic rings. The SMILES string of the molecule is N=C(N)c1cccc(CC(NS(=O)(=O)c2ccc3ccccc3c2)C(=O)N2CCC(CCN=C(N)N)CC2)c1. The van der Waals surface area contributed by atoms with Crippen molar-refractivity contribution in [3.8, 4) is 0 Å². The molecule has 0 spiro atoms. The summed E-state index contributed by atoms with van der Waals surface area (Å²) >= 11 is 0. The van der Waals surface area contributed by atoms with Gasteiger partial charge in [0.15, 0.2) is 5.96 Å². The number of hydrogen-bond acceptors (Lipinski definition) is 5. The average Bonchev–Trinajstić information content (AvgIpc) is 2.92. The molecule has 0 radical (unpaired) electrons. The third-order valence-corrected chi connectivity index (χ3v) is 8.53. The third-order valence-electron chi connectivity index (χ3n) is 7.06. The van der Waals surface area contributed by atoms with Gasteiger partial charge in [-0.05, 0) is 66.1 Å². The van der Waals surface area contributed by atoms with Crippen LogP contribution in [-0.4, -0.2) is 56.7 Å². The molecule has 0 aromatic heterocycles. The number of nitrogens with one attached hydrogen (secondary N) is 2. The lowest BCUT2D eigenvalue weighted by Crippen LogP contribution is -2.51. The number of nitrogen functional groups attached to an aromatic ring is 1. The van der Waals surface area contributed by atoms with Crippen LogP contribution < -0.4 is 21.9 Å². The first-order chi connectivity index (χ1) is 18.6. The van der Waals surface area contributed by atoms with E-state index in [1.807, 2.05) is 24.3 Å². The van der Waals surface area contributed by atoms with E-state index in [2.05, 4.69) is 9.71 Å². The van der Waals surface area contributed by atoms with E-state index in [0.717, 1.165) is 30.0 Å². The van der Waals surface area contributed by atoms with Crippen molar-refractivity contribution < 1.29 is 13.2 Å². The number of guanidine groups is 1. The Bertz CT molecular complexity index is 1480. The number of carbonyl (C=O) groups is 1. The van der Waals surface area contributed by atoms with Gasteiger partial charge in [-0.1, -0.05) is 48.5 Å². The van der Waals surface area contributed by atoms with Crippen molar-refractivity contribution in [1.82, 2.24) is 9.62 Å². The fraction of sp³-hybridized carbons (Fsp3) is 0.321. The van der Waals surface area contributed by atoms with Crippen molar-refractivity contribution in [3.63, 3.8) is 0 Å². The van der Waals surface area contributed by atoms with Crippen LogP contribution in [0.15, 0.2) is 76.6 Å². The second-order valence-electron chi connectivity index (χ2n) is 9.86. The number of carbonyl (C=O) groups excluding carboxylic acids is 1. The summed E-state index contributed by atoms with van der Waals surface area (Å²) in [7, 11) is -4.01. The van der Waals surface area contributed by atoms with Crippen LogP contribution in [-0.2, 0) is 21.2 Å². The van der Waals surface area contributed by atoms with Crippen LogP contribution in [0, 0.1) is 11.3 Å². The molecule has 1 fully saturated rings. The van der Waals surface area contributed by atoms with Crippen LogP contribution in [0.4, 0.5) is 0 Å². The van der Waals surface area contributed by atoms with Crippen LogP contribution in [0.1, 0.15) is 30.4 Å². The number of aliphatic imine (C=N–C) groups is 1. The Morgan fingerprint density at radius 2 is 1.72 bits per heavy atom. The Morgan fingerprint density at radius 3 is 2.41 bits per heavy atom. The standard InChI is InChI=1S/C28H35N7O3S/c29-26(30)23-7-3-4-20(16-23)17-25(27(36)35-14-11-19(12-15-35)10-13-33-28(31)32)34-39(37,38)24-9-8-21-5-1-2-6-22(21)18-24/h1-9,16,18-19,25,34H,10-15,17H2,(H3,29,30)(H4,31,32,33). The van der Waals surface area contributed by atoms with Gasteiger partial charge in [0.1, 0.15) is 11.9 Å². The molecule has 8 N–H and O–H groups in total. The zero-order valence-corrected chi connectivity index (χ0v) is 22.5. The Hall–Kier alpha value is -3.96. The number of nitrogens with zero attached hydrogens (tertiary/aromatic N) is 2. The molecule has 0 saturated carbocycles. The molecule has 206 valence electrons. The van der Waals surface area contributed by atoms with E-state index in [-0.39, 0.29) is 29.0 Å². The summed E-state index contributed by atoms with van der Waals surface area (Å²) < 4.78 is 29.7. The first-order valence-electron chi connectivity index (χ1n) is 12.9. The van der Waals surface area contributed by atoms with Crippen molar-refractivity contribution in [3.05, 3.63) is 77.9 Å². The molecule has 0 bridgehead atoms. The fourth-order valence-corrected chi connectivity index (χ4v) is 6.13. The molecular weight excluding hydrogens is 514 g/mol. The molecule has 1 saturated heterocycles. The van der Waals surface area contributed by atoms with Crippen LogP contribution in [0.5, 0.6) is 0 Å². The zero-order valence-electron chi connectivity index (χ0n) is 21.7. The Kier molecular flexibility index (Phi) is 8.82. The normalized spacial score (nSPS) is 15.1. The molecule has 3 aromatic carbocycles. The lowest BCUT2D eigenvalue weighted by Gasteiger charge is -2.34. The highest BCUT2D eigenvalue weighted by molar-refractivity contribution is 7.89. The number of fused-ring (bicyclic) bond motifs is 1. The molecule has 10 nitrogen and oxygen atoms in total. The maximum atomic E-state index is 13.7. The maximum Gasteiger partial charge on any atom is 0.241 e. The van der Waals surface area contributed by atoms with E-state index in [0.29, 0.717) is 36.7 Å². The van der Waals surface area contributed by atoms with Crippen LogP contribution >= 0.6 is 0 Å². The minimum atomic E-state index is -4.01. The summed E-state index contributed by atoms with van der Waals surface area (Å²) in [6.45, 7) is 1.58. The molecule has 1 unspecified atom stereocenters. The molecule has 1 heterocycles.